The van der Waals surface area contributed by atoms with Crippen LogP contribution >= 0.6 is 11.8 Å². The number of aliphatic hydroxyl groups excluding tert-OH is 1. The van der Waals surface area contributed by atoms with E-state index in [0.717, 1.165) is 16.2 Å². The van der Waals surface area contributed by atoms with E-state index in [1.807, 2.05) is 36.4 Å². The van der Waals surface area contributed by atoms with Crippen LogP contribution in [0.15, 0.2) is 53.4 Å². The third kappa shape index (κ3) is 6.41. The lowest BCUT2D eigenvalue weighted by Crippen LogP contribution is -2.46. The first-order chi connectivity index (χ1) is 12.8. The number of benzene rings is 2. The van der Waals surface area contributed by atoms with Gasteiger partial charge in [-0.05, 0) is 49.4 Å². The zero-order chi connectivity index (χ0) is 19.9. The first kappa shape index (κ1) is 21.0. The second-order valence-electron chi connectivity index (χ2n) is 6.85. The lowest BCUT2D eigenvalue weighted by atomic mass is 10.1. The van der Waals surface area contributed by atoms with Gasteiger partial charge in [0.25, 0.3) is 5.91 Å². The largest absolute Gasteiger partial charge is 0.394 e. The summed E-state index contributed by atoms with van der Waals surface area (Å²) in [6, 6.07) is 14.7. The molecule has 0 spiro atoms. The van der Waals surface area contributed by atoms with Crippen molar-refractivity contribution in [2.75, 3.05) is 17.7 Å². The highest BCUT2D eigenvalue weighted by Gasteiger charge is 2.19. The number of carbonyl (C=O) groups is 2. The Labute approximate surface area is 164 Å². The summed E-state index contributed by atoms with van der Waals surface area (Å²) in [6.45, 7) is 5.45. The van der Waals surface area contributed by atoms with Gasteiger partial charge in [0.05, 0.1) is 24.1 Å². The van der Waals surface area contributed by atoms with E-state index in [1.165, 1.54) is 0 Å². The van der Waals surface area contributed by atoms with Crippen molar-refractivity contribution in [2.45, 2.75) is 37.6 Å². The Morgan fingerprint density at radius 2 is 1.74 bits per heavy atom. The quantitative estimate of drug-likeness (QED) is 0.607. The van der Waals surface area contributed by atoms with Crippen molar-refractivity contribution in [3.63, 3.8) is 0 Å². The number of carbonyl (C=O) groups excluding carboxylic acids is 2. The van der Waals surface area contributed by atoms with Crippen LogP contribution < -0.4 is 10.6 Å². The lowest BCUT2D eigenvalue weighted by molar-refractivity contribution is -0.122. The highest BCUT2D eigenvalue weighted by atomic mass is 32.2. The van der Waals surface area contributed by atoms with Gasteiger partial charge in [-0.15, -0.1) is 11.8 Å². The van der Waals surface area contributed by atoms with Gasteiger partial charge in [-0.3, -0.25) is 9.59 Å². The molecule has 2 aromatic carbocycles. The van der Waals surface area contributed by atoms with E-state index in [-0.39, 0.29) is 24.8 Å². The molecule has 0 aliphatic rings. The summed E-state index contributed by atoms with van der Waals surface area (Å²) in [6.07, 6.45) is 0.216. The maximum atomic E-state index is 12.5. The van der Waals surface area contributed by atoms with E-state index < -0.39 is 5.54 Å². The van der Waals surface area contributed by atoms with Crippen molar-refractivity contribution in [3.8, 4) is 0 Å². The molecule has 0 radical (unpaired) electrons. The van der Waals surface area contributed by atoms with Gasteiger partial charge < -0.3 is 15.7 Å². The Hall–Kier alpha value is -2.31. The normalized spacial score (nSPS) is 11.1. The predicted octanol–water partition coefficient (Wildman–Crippen LogP) is 3.48. The number of rotatable bonds is 8. The van der Waals surface area contributed by atoms with Crippen LogP contribution in [-0.2, 0) is 11.2 Å². The van der Waals surface area contributed by atoms with E-state index in [2.05, 4.69) is 17.6 Å². The second kappa shape index (κ2) is 9.58. The fraction of sp³-hybridized carbons (Fsp3) is 0.333. The third-order valence-electron chi connectivity index (χ3n) is 3.88. The zero-order valence-electron chi connectivity index (χ0n) is 15.9. The Morgan fingerprint density at radius 3 is 2.37 bits per heavy atom. The average molecular weight is 387 g/mol. The van der Waals surface area contributed by atoms with Gasteiger partial charge in [0, 0.05) is 10.6 Å². The summed E-state index contributed by atoms with van der Waals surface area (Å²) in [7, 11) is 0. The lowest BCUT2D eigenvalue weighted by Gasteiger charge is -2.23. The van der Waals surface area contributed by atoms with Crippen LogP contribution in [0.4, 0.5) is 5.69 Å². The Morgan fingerprint density at radius 1 is 1.07 bits per heavy atom. The van der Waals surface area contributed by atoms with Crippen molar-refractivity contribution < 1.29 is 14.7 Å². The number of amides is 2. The van der Waals surface area contributed by atoms with E-state index in [9.17, 15) is 14.7 Å². The molecular formula is C21H26N2O3S. The molecule has 0 aliphatic carbocycles. The number of aliphatic hydroxyl groups is 1. The molecule has 0 aliphatic heterocycles. The zero-order valence-corrected chi connectivity index (χ0v) is 16.7. The van der Waals surface area contributed by atoms with Crippen LogP contribution in [0.5, 0.6) is 0 Å². The van der Waals surface area contributed by atoms with E-state index in [1.54, 1.807) is 37.7 Å². The van der Waals surface area contributed by atoms with Gasteiger partial charge in [-0.2, -0.15) is 0 Å². The summed E-state index contributed by atoms with van der Waals surface area (Å²) in [5, 5.41) is 14.9. The van der Waals surface area contributed by atoms with Crippen molar-refractivity contribution in [1.29, 1.82) is 0 Å². The van der Waals surface area contributed by atoms with E-state index in [4.69, 9.17) is 0 Å². The number of hydrogen-bond acceptors (Lipinski definition) is 4. The first-order valence-corrected chi connectivity index (χ1v) is 9.87. The van der Waals surface area contributed by atoms with E-state index in [0.29, 0.717) is 11.3 Å². The molecule has 27 heavy (non-hydrogen) atoms. The summed E-state index contributed by atoms with van der Waals surface area (Å²) in [5.41, 5.74) is 1.52. The van der Waals surface area contributed by atoms with E-state index >= 15 is 0 Å². The molecule has 2 rings (SSSR count). The first-order valence-electron chi connectivity index (χ1n) is 8.88. The monoisotopic (exact) mass is 386 g/mol. The summed E-state index contributed by atoms with van der Waals surface area (Å²) < 4.78 is 0. The molecule has 0 saturated heterocycles. The number of thioether (sulfide) groups is 1. The predicted molar refractivity (Wildman–Crippen MR) is 110 cm³/mol. The minimum absolute atomic E-state index is 0.124. The van der Waals surface area contributed by atoms with Gasteiger partial charge in [-0.1, -0.05) is 31.2 Å². The number of anilines is 1. The van der Waals surface area contributed by atoms with Crippen LogP contribution in [0.1, 0.15) is 36.7 Å². The maximum Gasteiger partial charge on any atom is 0.256 e. The van der Waals surface area contributed by atoms with Gasteiger partial charge in [0.2, 0.25) is 5.91 Å². The van der Waals surface area contributed by atoms with Gasteiger partial charge in [0.15, 0.2) is 0 Å². The van der Waals surface area contributed by atoms with Crippen LogP contribution in [0.2, 0.25) is 0 Å². The molecule has 144 valence electrons. The molecule has 0 bridgehead atoms. The molecule has 6 heteroatoms. The van der Waals surface area contributed by atoms with Crippen LogP contribution in [-0.4, -0.2) is 34.8 Å². The Bertz CT molecular complexity index is 788. The standard InChI is InChI=1S/C21H26N2O3S/c1-4-27-18-8-6-5-7-17(18)20(26)22-16-11-9-15(10-12-16)13-19(25)23-21(2,3)14-24/h5-12,24H,4,13-14H2,1-3H3,(H,22,26)(H,23,25). The van der Waals surface area contributed by atoms with Gasteiger partial charge in [0.1, 0.15) is 0 Å². The molecule has 2 aromatic rings. The molecule has 0 atom stereocenters. The summed E-state index contributed by atoms with van der Waals surface area (Å²) >= 11 is 1.63. The molecule has 0 saturated carbocycles. The fourth-order valence-electron chi connectivity index (χ4n) is 2.49. The van der Waals surface area contributed by atoms with Gasteiger partial charge >= 0.3 is 0 Å². The highest BCUT2D eigenvalue weighted by molar-refractivity contribution is 7.99. The molecule has 2 amide bonds. The SMILES string of the molecule is CCSc1ccccc1C(=O)Nc1ccc(CC(=O)NC(C)(C)CO)cc1. The molecule has 5 nitrogen and oxygen atoms in total. The highest BCUT2D eigenvalue weighted by Crippen LogP contribution is 2.23. The minimum Gasteiger partial charge on any atom is -0.394 e. The van der Waals surface area contributed by atoms with Crippen LogP contribution in [0.3, 0.4) is 0 Å². The average Bonchev–Trinajstić information content (AvgIpc) is 2.63. The van der Waals surface area contributed by atoms with Crippen LogP contribution in [0.25, 0.3) is 0 Å². The smallest absolute Gasteiger partial charge is 0.256 e. The van der Waals surface area contributed by atoms with Crippen molar-refractivity contribution in [1.82, 2.24) is 5.32 Å². The fourth-order valence-corrected chi connectivity index (χ4v) is 3.29. The van der Waals surface area contributed by atoms with Crippen LogP contribution in [0, 0.1) is 0 Å². The maximum absolute atomic E-state index is 12.5. The number of nitrogens with one attached hydrogen (secondary N) is 2. The second-order valence-corrected chi connectivity index (χ2v) is 8.15. The summed E-state index contributed by atoms with van der Waals surface area (Å²) in [5.74, 6) is 0.590. The number of hydrogen-bond donors (Lipinski definition) is 3. The van der Waals surface area contributed by atoms with Crippen molar-refractivity contribution in [3.05, 3.63) is 59.7 Å². The topological polar surface area (TPSA) is 78.4 Å². The Balaban J connectivity index is 2.00. The Kier molecular flexibility index (Phi) is 7.45. The van der Waals surface area contributed by atoms with Gasteiger partial charge in [-0.25, -0.2) is 0 Å². The minimum atomic E-state index is -0.644. The third-order valence-corrected chi connectivity index (χ3v) is 4.84. The molecule has 0 heterocycles. The molecular weight excluding hydrogens is 360 g/mol. The molecule has 0 fully saturated rings. The van der Waals surface area contributed by atoms with Crippen molar-refractivity contribution >= 4 is 29.3 Å². The summed E-state index contributed by atoms with van der Waals surface area (Å²) in [4.78, 5) is 25.5. The molecule has 3 N–H and O–H groups in total. The van der Waals surface area contributed by atoms with Crippen molar-refractivity contribution in [2.24, 2.45) is 0 Å². The molecule has 0 aromatic heterocycles. The molecule has 0 unspecified atom stereocenters.